The van der Waals surface area contributed by atoms with Crippen LogP contribution in [0.3, 0.4) is 0 Å². The molecule has 0 radical (unpaired) electrons. The number of amides is 1. The number of likely N-dealkylation sites (tertiary alicyclic amines) is 1. The van der Waals surface area contributed by atoms with Crippen molar-refractivity contribution in [2.75, 3.05) is 19.7 Å². The molecule has 6 rings (SSSR count). The van der Waals surface area contributed by atoms with Crippen LogP contribution in [0, 0.1) is 5.92 Å². The average molecular weight is 470 g/mol. The number of rotatable bonds is 7. The summed E-state index contributed by atoms with van der Waals surface area (Å²) in [7, 11) is 0. The molecule has 2 aliphatic heterocycles. The van der Waals surface area contributed by atoms with Crippen molar-refractivity contribution in [1.82, 2.24) is 14.8 Å². The number of piperidine rings is 1. The van der Waals surface area contributed by atoms with E-state index in [0.29, 0.717) is 31.0 Å². The second kappa shape index (κ2) is 9.27. The van der Waals surface area contributed by atoms with E-state index in [0.717, 1.165) is 53.9 Å². The van der Waals surface area contributed by atoms with Gasteiger partial charge in [-0.05, 0) is 73.3 Å². The third-order valence-electron chi connectivity index (χ3n) is 7.87. The number of carbonyl (C=O) groups excluding carboxylic acids is 1. The highest BCUT2D eigenvalue weighted by Crippen LogP contribution is 2.38. The Balaban J connectivity index is 1.23. The summed E-state index contributed by atoms with van der Waals surface area (Å²) in [6, 6.07) is 19.0. The first kappa shape index (κ1) is 22.0. The number of benzene rings is 2. The van der Waals surface area contributed by atoms with Crippen molar-refractivity contribution in [2.24, 2.45) is 5.92 Å². The quantitative estimate of drug-likeness (QED) is 0.411. The second-order valence-corrected chi connectivity index (χ2v) is 9.79. The van der Waals surface area contributed by atoms with Crippen LogP contribution in [0.4, 0.5) is 0 Å². The minimum Gasteiger partial charge on any atom is -0.493 e. The molecular formula is C29H31N3O3. The number of nitrogens with one attached hydrogen (secondary N) is 1. The summed E-state index contributed by atoms with van der Waals surface area (Å²) in [5, 5.41) is 4.02. The Hall–Kier alpha value is -3.51. The molecule has 35 heavy (non-hydrogen) atoms. The summed E-state index contributed by atoms with van der Waals surface area (Å²) in [5.41, 5.74) is 4.02. The molecule has 2 aromatic heterocycles. The van der Waals surface area contributed by atoms with Gasteiger partial charge in [0.2, 0.25) is 0 Å². The van der Waals surface area contributed by atoms with E-state index in [1.54, 1.807) is 6.26 Å². The van der Waals surface area contributed by atoms with Crippen molar-refractivity contribution in [3.63, 3.8) is 0 Å². The molecule has 0 bridgehead atoms. The maximum atomic E-state index is 12.1. The van der Waals surface area contributed by atoms with Gasteiger partial charge in [0.05, 0.1) is 12.9 Å². The van der Waals surface area contributed by atoms with E-state index in [9.17, 15) is 4.79 Å². The Labute approximate surface area is 205 Å². The molecular weight excluding hydrogens is 438 g/mol. The van der Waals surface area contributed by atoms with Crippen LogP contribution in [-0.4, -0.2) is 41.1 Å². The monoisotopic (exact) mass is 469 g/mol. The fraction of sp³-hybridized carbons (Fsp3) is 0.345. The van der Waals surface area contributed by atoms with Crippen LogP contribution in [0.1, 0.15) is 40.7 Å². The van der Waals surface area contributed by atoms with Crippen LogP contribution in [0.2, 0.25) is 0 Å². The summed E-state index contributed by atoms with van der Waals surface area (Å²) in [5.74, 6) is 1.43. The standard InChI is InChI=1S/C29H31N3O3/c1-20-27(19-35-24-7-6-23-18-30-29(33)26(23)17-24)25(22-5-4-21-9-15-34-28(21)16-22)8-12-32(20)14-13-31-10-2-3-11-31/h2-7,9-11,15-17,20,25,27H,8,12-14,18-19H2,1H3,(H,30,33). The lowest BCUT2D eigenvalue weighted by molar-refractivity contribution is 0.0539. The van der Waals surface area contributed by atoms with Crippen LogP contribution in [0.15, 0.2) is 77.7 Å². The van der Waals surface area contributed by atoms with Gasteiger partial charge in [-0.25, -0.2) is 0 Å². The minimum atomic E-state index is -0.0164. The number of aromatic nitrogens is 1. The lowest BCUT2D eigenvalue weighted by atomic mass is 9.76. The maximum Gasteiger partial charge on any atom is 0.252 e. The Morgan fingerprint density at radius 2 is 1.97 bits per heavy atom. The zero-order valence-electron chi connectivity index (χ0n) is 20.0. The van der Waals surface area contributed by atoms with Crippen molar-refractivity contribution in [3.8, 4) is 5.75 Å². The predicted molar refractivity (Wildman–Crippen MR) is 136 cm³/mol. The van der Waals surface area contributed by atoms with E-state index in [1.165, 1.54) is 5.56 Å². The van der Waals surface area contributed by atoms with Gasteiger partial charge in [-0.1, -0.05) is 18.2 Å². The molecule has 3 unspecified atom stereocenters. The van der Waals surface area contributed by atoms with Gasteiger partial charge in [-0.15, -0.1) is 0 Å². The van der Waals surface area contributed by atoms with E-state index in [2.05, 4.69) is 64.4 Å². The summed E-state index contributed by atoms with van der Waals surface area (Å²) in [6.45, 7) is 6.57. The average Bonchev–Trinajstić information content (AvgIpc) is 3.64. The molecule has 180 valence electrons. The summed E-state index contributed by atoms with van der Waals surface area (Å²) < 4.78 is 14.3. The molecule has 1 fully saturated rings. The van der Waals surface area contributed by atoms with Gasteiger partial charge in [0.15, 0.2) is 0 Å². The van der Waals surface area contributed by atoms with E-state index >= 15 is 0 Å². The Morgan fingerprint density at radius 1 is 1.09 bits per heavy atom. The molecule has 2 aromatic carbocycles. The van der Waals surface area contributed by atoms with Gasteiger partial charge in [0.1, 0.15) is 11.3 Å². The van der Waals surface area contributed by atoms with Crippen LogP contribution < -0.4 is 10.1 Å². The van der Waals surface area contributed by atoms with Gasteiger partial charge in [-0.2, -0.15) is 0 Å². The molecule has 4 heterocycles. The molecule has 4 aromatic rings. The number of carbonyl (C=O) groups is 1. The fourth-order valence-corrected chi connectivity index (χ4v) is 5.75. The van der Waals surface area contributed by atoms with Gasteiger partial charge < -0.3 is 19.0 Å². The molecule has 2 aliphatic rings. The second-order valence-electron chi connectivity index (χ2n) is 9.79. The van der Waals surface area contributed by atoms with Crippen molar-refractivity contribution in [3.05, 3.63) is 89.9 Å². The van der Waals surface area contributed by atoms with Crippen LogP contribution >= 0.6 is 0 Å². The lowest BCUT2D eigenvalue weighted by Crippen LogP contribution is -2.49. The Kier molecular flexibility index (Phi) is 5.82. The molecule has 6 nitrogen and oxygen atoms in total. The smallest absolute Gasteiger partial charge is 0.252 e. The zero-order valence-corrected chi connectivity index (χ0v) is 20.0. The third kappa shape index (κ3) is 4.34. The van der Waals surface area contributed by atoms with Crippen LogP contribution in [-0.2, 0) is 13.1 Å². The van der Waals surface area contributed by atoms with Gasteiger partial charge >= 0.3 is 0 Å². The molecule has 3 atom stereocenters. The SMILES string of the molecule is CC1C(COc2ccc3c(c2)C(=O)NC3)C(c2ccc3ccoc3c2)CCN1CCn1cccc1. The van der Waals surface area contributed by atoms with Crippen molar-refractivity contribution in [2.45, 2.75) is 38.4 Å². The molecule has 1 amide bonds. The van der Waals surface area contributed by atoms with Gasteiger partial charge in [0.25, 0.3) is 5.91 Å². The summed E-state index contributed by atoms with van der Waals surface area (Å²) in [6.07, 6.45) is 7.08. The largest absolute Gasteiger partial charge is 0.493 e. The lowest BCUT2D eigenvalue weighted by Gasteiger charge is -2.44. The topological polar surface area (TPSA) is 59.6 Å². The zero-order chi connectivity index (χ0) is 23.8. The number of nitrogens with zero attached hydrogens (tertiary/aromatic N) is 2. The normalized spacial score (nSPS) is 22.3. The van der Waals surface area contributed by atoms with Crippen LogP contribution in [0.25, 0.3) is 11.0 Å². The van der Waals surface area contributed by atoms with Crippen LogP contribution in [0.5, 0.6) is 5.75 Å². The summed E-state index contributed by atoms with van der Waals surface area (Å²) >= 11 is 0. The van der Waals surface area contributed by atoms with E-state index in [-0.39, 0.29) is 5.91 Å². The molecule has 1 saturated heterocycles. The van der Waals surface area contributed by atoms with Gasteiger partial charge in [0, 0.05) is 54.9 Å². The Morgan fingerprint density at radius 3 is 2.86 bits per heavy atom. The summed E-state index contributed by atoms with van der Waals surface area (Å²) in [4.78, 5) is 14.7. The maximum absolute atomic E-state index is 12.1. The first-order valence-corrected chi connectivity index (χ1v) is 12.5. The Bertz CT molecular complexity index is 1330. The molecule has 0 aliphatic carbocycles. The van der Waals surface area contributed by atoms with Crippen molar-refractivity contribution >= 4 is 16.9 Å². The number of ether oxygens (including phenoxy) is 1. The number of hydrogen-bond donors (Lipinski definition) is 1. The molecule has 6 heteroatoms. The highest BCUT2D eigenvalue weighted by Gasteiger charge is 2.37. The van der Waals surface area contributed by atoms with E-state index < -0.39 is 0 Å². The number of hydrogen-bond acceptors (Lipinski definition) is 4. The molecule has 0 spiro atoms. The highest BCUT2D eigenvalue weighted by atomic mass is 16.5. The number of furan rings is 1. The minimum absolute atomic E-state index is 0.0164. The molecule has 0 saturated carbocycles. The molecule has 1 N–H and O–H groups in total. The third-order valence-corrected chi connectivity index (χ3v) is 7.87. The highest BCUT2D eigenvalue weighted by molar-refractivity contribution is 5.98. The first-order chi connectivity index (χ1) is 17.2. The van der Waals surface area contributed by atoms with Crippen molar-refractivity contribution < 1.29 is 13.9 Å². The van der Waals surface area contributed by atoms with Crippen molar-refractivity contribution in [1.29, 1.82) is 0 Å². The number of fused-ring (bicyclic) bond motifs is 2. The predicted octanol–water partition coefficient (Wildman–Crippen LogP) is 5.05. The van der Waals surface area contributed by atoms with E-state index in [4.69, 9.17) is 9.15 Å². The first-order valence-electron chi connectivity index (χ1n) is 12.5. The van der Waals surface area contributed by atoms with E-state index in [1.807, 2.05) is 24.3 Å². The fourth-order valence-electron chi connectivity index (χ4n) is 5.75. The van der Waals surface area contributed by atoms with Gasteiger partial charge in [-0.3, -0.25) is 9.69 Å².